The van der Waals surface area contributed by atoms with Crippen LogP contribution in [0.5, 0.6) is 11.5 Å². The Balaban J connectivity index is 1.62. The summed E-state index contributed by atoms with van der Waals surface area (Å²) in [5.74, 6) is -0.0377. The van der Waals surface area contributed by atoms with Crippen molar-refractivity contribution in [3.05, 3.63) is 95.1 Å². The Morgan fingerprint density at radius 2 is 1.33 bits per heavy atom. The Kier molecular flexibility index (Phi) is 5.67. The minimum absolute atomic E-state index is 0.370. The lowest BCUT2D eigenvalue weighted by atomic mass is 10.2. The molecule has 4 nitrogen and oxygen atoms in total. The van der Waals surface area contributed by atoms with Gasteiger partial charge in [0.15, 0.2) is 0 Å². The van der Waals surface area contributed by atoms with Crippen LogP contribution in [-0.2, 0) is 4.79 Å². The van der Waals surface area contributed by atoms with Gasteiger partial charge in [0.2, 0.25) is 0 Å². The normalized spacial score (nSPS) is 13.3. The van der Waals surface area contributed by atoms with E-state index in [9.17, 15) is 9.59 Å². The number of benzene rings is 2. The van der Waals surface area contributed by atoms with Crippen molar-refractivity contribution < 1.29 is 19.1 Å². The number of esters is 2. The first-order valence-electron chi connectivity index (χ1n) is 8.67. The Morgan fingerprint density at radius 3 is 2.00 bits per heavy atom. The highest BCUT2D eigenvalue weighted by Gasteiger charge is 2.12. The standard InChI is InChI=1S/C23H20O4/c1-16-4-3-5-18(9-6-16)22(24)27-21-14-10-19(11-15-21)23(25)26-20-12-7-17(2)8-13-20/h4-15H,3H2,1-2H3. The number of allylic oxidation sites excluding steroid dienone is 4. The highest BCUT2D eigenvalue weighted by molar-refractivity contribution is 5.94. The number of aryl methyl sites for hydroxylation is 1. The molecule has 0 saturated heterocycles. The predicted octanol–water partition coefficient (Wildman–Crippen LogP) is 4.95. The molecule has 0 heterocycles. The van der Waals surface area contributed by atoms with Crippen molar-refractivity contribution in [2.45, 2.75) is 20.3 Å². The molecular weight excluding hydrogens is 340 g/mol. The summed E-state index contributed by atoms with van der Waals surface area (Å²) in [4.78, 5) is 24.5. The fourth-order valence-electron chi connectivity index (χ4n) is 2.48. The van der Waals surface area contributed by atoms with Crippen molar-refractivity contribution in [1.82, 2.24) is 0 Å². The molecule has 0 unspecified atom stereocenters. The molecule has 0 fully saturated rings. The van der Waals surface area contributed by atoms with Crippen LogP contribution in [0, 0.1) is 6.92 Å². The maximum atomic E-state index is 12.3. The van der Waals surface area contributed by atoms with E-state index in [0.717, 1.165) is 11.1 Å². The van der Waals surface area contributed by atoms with E-state index in [1.807, 2.05) is 44.2 Å². The molecule has 0 N–H and O–H groups in total. The van der Waals surface area contributed by atoms with Crippen LogP contribution in [0.4, 0.5) is 0 Å². The Bertz CT molecular complexity index is 929. The molecule has 0 amide bonds. The van der Waals surface area contributed by atoms with Gasteiger partial charge in [-0.2, -0.15) is 0 Å². The molecule has 1 aliphatic rings. The molecule has 0 bridgehead atoms. The summed E-state index contributed by atoms with van der Waals surface area (Å²) >= 11 is 0. The van der Waals surface area contributed by atoms with Crippen LogP contribution >= 0.6 is 0 Å². The molecule has 0 radical (unpaired) electrons. The summed E-state index contributed by atoms with van der Waals surface area (Å²) in [7, 11) is 0. The second-order valence-electron chi connectivity index (χ2n) is 6.29. The first-order chi connectivity index (χ1) is 13.0. The molecule has 136 valence electrons. The number of carbonyl (C=O) groups is 2. The van der Waals surface area contributed by atoms with Crippen LogP contribution < -0.4 is 9.47 Å². The highest BCUT2D eigenvalue weighted by Crippen LogP contribution is 2.18. The van der Waals surface area contributed by atoms with Crippen LogP contribution in [0.25, 0.3) is 0 Å². The number of carbonyl (C=O) groups excluding carboxylic acids is 2. The topological polar surface area (TPSA) is 52.6 Å². The van der Waals surface area contributed by atoms with E-state index in [1.54, 1.807) is 42.5 Å². The zero-order valence-electron chi connectivity index (χ0n) is 15.3. The van der Waals surface area contributed by atoms with Crippen LogP contribution in [0.1, 0.15) is 29.3 Å². The zero-order chi connectivity index (χ0) is 19.2. The quantitative estimate of drug-likeness (QED) is 0.572. The highest BCUT2D eigenvalue weighted by atomic mass is 16.5. The third-order valence-electron chi connectivity index (χ3n) is 4.07. The second kappa shape index (κ2) is 8.32. The van der Waals surface area contributed by atoms with Crippen molar-refractivity contribution in [3.63, 3.8) is 0 Å². The van der Waals surface area contributed by atoms with Gasteiger partial charge >= 0.3 is 11.9 Å². The van der Waals surface area contributed by atoms with Crippen molar-refractivity contribution in [1.29, 1.82) is 0 Å². The van der Waals surface area contributed by atoms with Crippen molar-refractivity contribution in [3.8, 4) is 11.5 Å². The molecule has 2 aromatic carbocycles. The average molecular weight is 360 g/mol. The summed E-state index contributed by atoms with van der Waals surface area (Å²) in [6, 6.07) is 13.5. The fourth-order valence-corrected chi connectivity index (χ4v) is 2.48. The lowest BCUT2D eigenvalue weighted by molar-refractivity contribution is -0.129. The van der Waals surface area contributed by atoms with E-state index >= 15 is 0 Å². The third-order valence-corrected chi connectivity index (χ3v) is 4.07. The molecule has 0 saturated carbocycles. The van der Waals surface area contributed by atoms with Gasteiger partial charge in [-0.15, -0.1) is 0 Å². The van der Waals surface area contributed by atoms with Gasteiger partial charge < -0.3 is 9.47 Å². The van der Waals surface area contributed by atoms with E-state index in [1.165, 1.54) is 0 Å². The van der Waals surface area contributed by atoms with Crippen LogP contribution in [0.3, 0.4) is 0 Å². The molecule has 1 aliphatic carbocycles. The first kappa shape index (κ1) is 18.4. The van der Waals surface area contributed by atoms with E-state index in [4.69, 9.17) is 9.47 Å². The fraction of sp³-hybridized carbons (Fsp3) is 0.130. The number of hydrogen-bond donors (Lipinski definition) is 0. The summed E-state index contributed by atoms with van der Waals surface area (Å²) in [5, 5.41) is 0. The maximum absolute atomic E-state index is 12.3. The van der Waals surface area contributed by atoms with Gasteiger partial charge in [0.25, 0.3) is 0 Å². The Morgan fingerprint density at radius 1 is 0.741 bits per heavy atom. The lowest BCUT2D eigenvalue weighted by Gasteiger charge is -2.07. The van der Waals surface area contributed by atoms with Crippen LogP contribution in [-0.4, -0.2) is 11.9 Å². The second-order valence-corrected chi connectivity index (χ2v) is 6.29. The average Bonchev–Trinajstić information content (AvgIpc) is 2.89. The van der Waals surface area contributed by atoms with Gasteiger partial charge in [0, 0.05) is 0 Å². The molecule has 0 aliphatic heterocycles. The van der Waals surface area contributed by atoms with Crippen molar-refractivity contribution >= 4 is 11.9 Å². The molecule has 0 spiro atoms. The first-order valence-corrected chi connectivity index (χ1v) is 8.67. The molecule has 0 aromatic heterocycles. The van der Waals surface area contributed by atoms with E-state index < -0.39 is 11.9 Å². The minimum Gasteiger partial charge on any atom is -0.423 e. The number of ether oxygens (including phenoxy) is 2. The monoisotopic (exact) mass is 360 g/mol. The van der Waals surface area contributed by atoms with Crippen LogP contribution in [0.2, 0.25) is 0 Å². The number of hydrogen-bond acceptors (Lipinski definition) is 4. The Labute approximate surface area is 158 Å². The van der Waals surface area contributed by atoms with Gasteiger partial charge in [-0.05, 0) is 62.7 Å². The van der Waals surface area contributed by atoms with Gasteiger partial charge in [0.1, 0.15) is 11.5 Å². The van der Waals surface area contributed by atoms with E-state index in [-0.39, 0.29) is 0 Å². The summed E-state index contributed by atoms with van der Waals surface area (Å²) in [5.41, 5.74) is 3.07. The third kappa shape index (κ3) is 5.05. The van der Waals surface area contributed by atoms with E-state index in [0.29, 0.717) is 29.1 Å². The summed E-state index contributed by atoms with van der Waals surface area (Å²) in [6.07, 6.45) is 8.17. The molecule has 27 heavy (non-hydrogen) atoms. The van der Waals surface area contributed by atoms with E-state index in [2.05, 4.69) is 0 Å². The molecular formula is C23H20O4. The van der Waals surface area contributed by atoms with Crippen molar-refractivity contribution in [2.24, 2.45) is 0 Å². The maximum Gasteiger partial charge on any atom is 0.343 e. The number of rotatable bonds is 4. The zero-order valence-corrected chi connectivity index (χ0v) is 15.3. The molecule has 0 atom stereocenters. The Hall–Kier alpha value is -3.40. The van der Waals surface area contributed by atoms with Gasteiger partial charge in [-0.3, -0.25) is 0 Å². The van der Waals surface area contributed by atoms with Gasteiger partial charge in [0.05, 0.1) is 11.1 Å². The predicted molar refractivity (Wildman–Crippen MR) is 104 cm³/mol. The van der Waals surface area contributed by atoms with Crippen molar-refractivity contribution in [2.75, 3.05) is 0 Å². The SMILES string of the molecule is CC1=CCC=C(C(=O)Oc2ccc(C(=O)Oc3ccc(C)cc3)cc2)C=C1. The van der Waals surface area contributed by atoms with Crippen LogP contribution in [0.15, 0.2) is 84.0 Å². The molecule has 2 aromatic rings. The molecule has 3 rings (SSSR count). The van der Waals surface area contributed by atoms with Gasteiger partial charge in [-0.1, -0.05) is 41.5 Å². The minimum atomic E-state index is -0.465. The summed E-state index contributed by atoms with van der Waals surface area (Å²) < 4.78 is 10.7. The smallest absolute Gasteiger partial charge is 0.343 e. The van der Waals surface area contributed by atoms with Gasteiger partial charge in [-0.25, -0.2) is 9.59 Å². The lowest BCUT2D eigenvalue weighted by Crippen LogP contribution is -2.11. The molecule has 4 heteroatoms. The largest absolute Gasteiger partial charge is 0.423 e. The summed E-state index contributed by atoms with van der Waals surface area (Å²) in [6.45, 7) is 3.94.